The van der Waals surface area contributed by atoms with E-state index >= 15 is 0 Å². The molecular formula is C12H28O2Si. The van der Waals surface area contributed by atoms with Crippen molar-refractivity contribution in [1.82, 2.24) is 0 Å². The van der Waals surface area contributed by atoms with E-state index in [2.05, 4.69) is 13.5 Å². The molecule has 0 saturated carbocycles. The molecule has 0 unspecified atom stereocenters. The maximum Gasteiger partial charge on any atom is 0.334 e. The Morgan fingerprint density at radius 2 is 1.27 bits per heavy atom. The molecule has 0 aliphatic heterocycles. The highest BCUT2D eigenvalue weighted by Gasteiger charge is 2.27. The van der Waals surface area contributed by atoms with Crippen molar-refractivity contribution in [2.45, 2.75) is 64.5 Å². The normalized spacial score (nSPS) is 12.0. The predicted molar refractivity (Wildman–Crippen MR) is 68.4 cm³/mol. The largest absolute Gasteiger partial charge is 0.398 e. The third-order valence-corrected chi connectivity index (χ3v) is 6.09. The van der Waals surface area contributed by atoms with Gasteiger partial charge in [0.1, 0.15) is 0 Å². The molecule has 92 valence electrons. The number of hydrogen-bond acceptors (Lipinski definition) is 2. The minimum atomic E-state index is -1.77. The zero-order chi connectivity index (χ0) is 11.6. The molecule has 0 aliphatic carbocycles. The molecule has 0 rings (SSSR count). The van der Waals surface area contributed by atoms with Gasteiger partial charge in [0, 0.05) is 14.2 Å². The van der Waals surface area contributed by atoms with E-state index in [-0.39, 0.29) is 0 Å². The Kier molecular flexibility index (Phi) is 9.45. The first-order chi connectivity index (χ1) is 7.18. The van der Waals surface area contributed by atoms with E-state index in [0.29, 0.717) is 0 Å². The summed E-state index contributed by atoms with van der Waals surface area (Å²) in [6, 6.07) is 1.13. The smallest absolute Gasteiger partial charge is 0.334 e. The summed E-state index contributed by atoms with van der Waals surface area (Å²) in [6.07, 6.45) is 9.49. The van der Waals surface area contributed by atoms with Crippen LogP contribution in [0.3, 0.4) is 0 Å². The lowest BCUT2D eigenvalue weighted by Gasteiger charge is -2.22. The summed E-state index contributed by atoms with van der Waals surface area (Å²) >= 11 is 0. The lowest BCUT2D eigenvalue weighted by Crippen LogP contribution is -2.35. The van der Waals surface area contributed by atoms with Crippen LogP contribution >= 0.6 is 0 Å². The van der Waals surface area contributed by atoms with Crippen LogP contribution in [0.1, 0.15) is 51.9 Å². The van der Waals surface area contributed by atoms with Crippen molar-refractivity contribution in [3.05, 3.63) is 0 Å². The van der Waals surface area contributed by atoms with Crippen LogP contribution in [0.25, 0.3) is 0 Å². The highest BCUT2D eigenvalue weighted by Crippen LogP contribution is 2.17. The van der Waals surface area contributed by atoms with Gasteiger partial charge in [-0.25, -0.2) is 0 Å². The Balaban J connectivity index is 3.29. The molecule has 0 aromatic carbocycles. The van der Waals surface area contributed by atoms with Crippen molar-refractivity contribution in [3.8, 4) is 0 Å². The molecule has 0 aromatic rings. The molecular weight excluding hydrogens is 204 g/mol. The fourth-order valence-electron chi connectivity index (χ4n) is 1.69. The molecule has 3 heteroatoms. The quantitative estimate of drug-likeness (QED) is 0.417. The Labute approximate surface area is 96.6 Å². The molecule has 0 atom stereocenters. The van der Waals surface area contributed by atoms with Crippen LogP contribution in [-0.2, 0) is 8.85 Å². The molecule has 0 radical (unpaired) electrons. The van der Waals surface area contributed by atoms with Crippen LogP contribution in [0.2, 0.25) is 12.6 Å². The van der Waals surface area contributed by atoms with E-state index in [4.69, 9.17) is 8.85 Å². The molecule has 0 fully saturated rings. The van der Waals surface area contributed by atoms with Crippen LogP contribution in [0.5, 0.6) is 0 Å². The second-order valence-corrected chi connectivity index (χ2v) is 8.00. The van der Waals surface area contributed by atoms with Gasteiger partial charge in [-0.15, -0.1) is 0 Å². The standard InChI is InChI=1S/C12H28O2Si/c1-5-6-7-8-9-10-11-12-15(4,13-2)14-3/h5-12H2,1-4H3. The molecule has 0 aliphatic rings. The lowest BCUT2D eigenvalue weighted by atomic mass is 10.1. The minimum Gasteiger partial charge on any atom is -0.398 e. The van der Waals surface area contributed by atoms with Crippen molar-refractivity contribution < 1.29 is 8.85 Å². The van der Waals surface area contributed by atoms with Crippen molar-refractivity contribution >= 4 is 8.56 Å². The summed E-state index contributed by atoms with van der Waals surface area (Å²) in [4.78, 5) is 0. The van der Waals surface area contributed by atoms with Crippen molar-refractivity contribution in [2.75, 3.05) is 14.2 Å². The van der Waals surface area contributed by atoms with Gasteiger partial charge in [-0.3, -0.25) is 0 Å². The number of unbranched alkanes of at least 4 members (excludes halogenated alkanes) is 6. The average Bonchev–Trinajstić information content (AvgIpc) is 2.27. The summed E-state index contributed by atoms with van der Waals surface area (Å²) in [5.41, 5.74) is 0. The summed E-state index contributed by atoms with van der Waals surface area (Å²) in [7, 11) is 1.78. The molecule has 0 N–H and O–H groups in total. The molecule has 15 heavy (non-hydrogen) atoms. The minimum absolute atomic E-state index is 1.13. The summed E-state index contributed by atoms with van der Waals surface area (Å²) in [5, 5.41) is 0. The van der Waals surface area contributed by atoms with Gasteiger partial charge in [-0.1, -0.05) is 51.9 Å². The molecule has 0 bridgehead atoms. The van der Waals surface area contributed by atoms with E-state index in [1.807, 2.05) is 0 Å². The zero-order valence-corrected chi connectivity index (χ0v) is 12.0. The van der Waals surface area contributed by atoms with Crippen molar-refractivity contribution in [1.29, 1.82) is 0 Å². The monoisotopic (exact) mass is 232 g/mol. The third kappa shape index (κ3) is 8.00. The zero-order valence-electron chi connectivity index (χ0n) is 11.0. The molecule has 0 amide bonds. The maximum absolute atomic E-state index is 5.45. The van der Waals surface area contributed by atoms with Gasteiger partial charge < -0.3 is 8.85 Å². The van der Waals surface area contributed by atoms with E-state index in [9.17, 15) is 0 Å². The second-order valence-electron chi connectivity index (χ2n) is 4.41. The predicted octanol–water partition coefficient (Wildman–Crippen LogP) is 4.10. The molecule has 0 aromatic heterocycles. The van der Waals surface area contributed by atoms with Crippen LogP contribution in [0.4, 0.5) is 0 Å². The summed E-state index contributed by atoms with van der Waals surface area (Å²) < 4.78 is 10.9. The Morgan fingerprint density at radius 1 is 0.800 bits per heavy atom. The number of hydrogen-bond donors (Lipinski definition) is 0. The van der Waals surface area contributed by atoms with Gasteiger partial charge in [0.05, 0.1) is 0 Å². The summed E-state index contributed by atoms with van der Waals surface area (Å²) in [5.74, 6) is 0. The number of rotatable bonds is 10. The highest BCUT2D eigenvalue weighted by atomic mass is 28.4. The van der Waals surface area contributed by atoms with Crippen molar-refractivity contribution in [3.63, 3.8) is 0 Å². The van der Waals surface area contributed by atoms with Gasteiger partial charge in [0.25, 0.3) is 0 Å². The lowest BCUT2D eigenvalue weighted by molar-refractivity contribution is 0.248. The molecule has 0 spiro atoms. The van der Waals surface area contributed by atoms with Gasteiger partial charge in [-0.05, 0) is 12.6 Å². The average molecular weight is 232 g/mol. The van der Waals surface area contributed by atoms with Crippen molar-refractivity contribution in [2.24, 2.45) is 0 Å². The fraction of sp³-hybridized carbons (Fsp3) is 1.00. The first-order valence-corrected chi connectivity index (χ1v) is 8.81. The Hall–Kier alpha value is 0.137. The first-order valence-electron chi connectivity index (χ1n) is 6.29. The van der Waals surface area contributed by atoms with E-state index in [0.717, 1.165) is 6.04 Å². The molecule has 0 saturated heterocycles. The topological polar surface area (TPSA) is 18.5 Å². The molecule has 0 heterocycles. The second kappa shape index (κ2) is 9.37. The third-order valence-electron chi connectivity index (χ3n) is 3.10. The van der Waals surface area contributed by atoms with Gasteiger partial charge in [0.2, 0.25) is 0 Å². The van der Waals surface area contributed by atoms with Crippen LogP contribution in [-0.4, -0.2) is 22.8 Å². The Bertz CT molecular complexity index is 136. The van der Waals surface area contributed by atoms with Gasteiger partial charge in [-0.2, -0.15) is 0 Å². The summed E-state index contributed by atoms with van der Waals surface area (Å²) in [6.45, 7) is 4.40. The van der Waals surface area contributed by atoms with E-state index in [1.165, 1.54) is 44.9 Å². The highest BCUT2D eigenvalue weighted by molar-refractivity contribution is 6.65. The van der Waals surface area contributed by atoms with Crippen LogP contribution in [0, 0.1) is 0 Å². The van der Waals surface area contributed by atoms with E-state index < -0.39 is 8.56 Å². The first kappa shape index (κ1) is 15.1. The Morgan fingerprint density at radius 3 is 1.73 bits per heavy atom. The fourth-order valence-corrected chi connectivity index (χ4v) is 3.16. The SMILES string of the molecule is CCCCCCCCC[Si](C)(OC)OC. The van der Waals surface area contributed by atoms with Gasteiger partial charge in [0.15, 0.2) is 0 Å². The maximum atomic E-state index is 5.45. The van der Waals surface area contributed by atoms with Crippen LogP contribution in [0.15, 0.2) is 0 Å². The van der Waals surface area contributed by atoms with Gasteiger partial charge >= 0.3 is 8.56 Å². The molecule has 2 nitrogen and oxygen atoms in total. The van der Waals surface area contributed by atoms with E-state index in [1.54, 1.807) is 14.2 Å². The van der Waals surface area contributed by atoms with Crippen LogP contribution < -0.4 is 0 Å².